The first-order valence-corrected chi connectivity index (χ1v) is 8.42. The Morgan fingerprint density at radius 1 is 1.26 bits per heavy atom. The van der Waals surface area contributed by atoms with Crippen molar-refractivity contribution in [3.63, 3.8) is 0 Å². The third-order valence-electron chi connectivity index (χ3n) is 4.40. The summed E-state index contributed by atoms with van der Waals surface area (Å²) in [6, 6.07) is 10.9. The van der Waals surface area contributed by atoms with E-state index in [-0.39, 0.29) is 11.4 Å². The number of rotatable bonds is 4. The molecule has 7 heteroatoms. The fourth-order valence-corrected chi connectivity index (χ4v) is 3.06. The molecule has 0 amide bonds. The highest BCUT2D eigenvalue weighted by Crippen LogP contribution is 2.30. The maximum absolute atomic E-state index is 11.3. The molecule has 0 unspecified atom stereocenters. The summed E-state index contributed by atoms with van der Waals surface area (Å²) in [6.45, 7) is 2.38. The van der Waals surface area contributed by atoms with Crippen LogP contribution in [0.25, 0.3) is 21.9 Å². The molecule has 0 atom stereocenters. The van der Waals surface area contributed by atoms with Crippen LogP contribution in [0.15, 0.2) is 53.8 Å². The molecule has 0 saturated heterocycles. The highest BCUT2D eigenvalue weighted by molar-refractivity contribution is 6.04. The predicted octanol–water partition coefficient (Wildman–Crippen LogP) is 3.76. The molecule has 3 heterocycles. The number of carboxylic acids is 1. The second kappa shape index (κ2) is 6.53. The zero-order chi connectivity index (χ0) is 19.0. The number of aromatic nitrogens is 3. The quantitative estimate of drug-likeness (QED) is 0.540. The topological polar surface area (TPSA) is 101 Å². The van der Waals surface area contributed by atoms with Crippen LogP contribution in [-0.2, 0) is 6.54 Å². The van der Waals surface area contributed by atoms with Crippen molar-refractivity contribution < 1.29 is 15.0 Å². The average molecular weight is 360 g/mol. The molecule has 27 heavy (non-hydrogen) atoms. The number of hydrogen-bond acceptors (Lipinski definition) is 5. The number of carboxylic acid groups (broad SMARTS) is 1. The van der Waals surface area contributed by atoms with Gasteiger partial charge in [-0.2, -0.15) is 0 Å². The standard InChI is InChI=1S/C20H16N4O3/c1-2-24-18-15(9-13(10-23-18)20(26)27)16(19(24)25)11-22-14-5-6-17-12(8-14)4-3-7-21-17/h3-11,25H,2H2,1H3,(H,26,27). The molecular weight excluding hydrogens is 344 g/mol. The summed E-state index contributed by atoms with van der Waals surface area (Å²) in [5.41, 5.74) is 2.59. The number of aryl methyl sites for hydroxylation is 1. The van der Waals surface area contributed by atoms with Crippen molar-refractivity contribution in [3.05, 3.63) is 59.9 Å². The van der Waals surface area contributed by atoms with E-state index in [1.54, 1.807) is 10.8 Å². The maximum Gasteiger partial charge on any atom is 0.337 e. The molecule has 1 aromatic carbocycles. The number of hydrogen-bond donors (Lipinski definition) is 2. The lowest BCUT2D eigenvalue weighted by molar-refractivity contribution is 0.0696. The maximum atomic E-state index is 11.3. The number of carbonyl (C=O) groups is 1. The minimum Gasteiger partial charge on any atom is -0.494 e. The van der Waals surface area contributed by atoms with E-state index in [9.17, 15) is 15.0 Å². The van der Waals surface area contributed by atoms with Crippen LogP contribution < -0.4 is 0 Å². The summed E-state index contributed by atoms with van der Waals surface area (Å²) in [5.74, 6) is -1.06. The van der Waals surface area contributed by atoms with E-state index in [4.69, 9.17) is 0 Å². The van der Waals surface area contributed by atoms with Gasteiger partial charge in [-0.25, -0.2) is 9.78 Å². The monoisotopic (exact) mass is 360 g/mol. The van der Waals surface area contributed by atoms with E-state index in [1.807, 2.05) is 37.3 Å². The number of aromatic hydroxyl groups is 1. The Kier molecular flexibility index (Phi) is 4.04. The van der Waals surface area contributed by atoms with Gasteiger partial charge in [0.05, 0.1) is 22.3 Å². The van der Waals surface area contributed by atoms with Gasteiger partial charge in [-0.15, -0.1) is 0 Å². The SMILES string of the molecule is CCn1c(O)c(C=Nc2ccc3ncccc3c2)c2cc(C(=O)O)cnc21. The fraction of sp³-hybridized carbons (Fsp3) is 0.100. The van der Waals surface area contributed by atoms with Crippen LogP contribution in [0.2, 0.25) is 0 Å². The lowest BCUT2D eigenvalue weighted by Gasteiger charge is -2.01. The first-order chi connectivity index (χ1) is 13.1. The second-order valence-electron chi connectivity index (χ2n) is 6.02. The normalized spacial score (nSPS) is 11.6. The minimum absolute atomic E-state index is 0.00810. The summed E-state index contributed by atoms with van der Waals surface area (Å²) in [5, 5.41) is 21.3. The zero-order valence-electron chi connectivity index (χ0n) is 14.5. The Balaban J connectivity index is 1.83. The van der Waals surface area contributed by atoms with Crippen molar-refractivity contribution >= 4 is 39.8 Å². The van der Waals surface area contributed by atoms with Gasteiger partial charge in [0.1, 0.15) is 5.65 Å². The van der Waals surface area contributed by atoms with Crippen molar-refractivity contribution in [3.8, 4) is 5.88 Å². The smallest absolute Gasteiger partial charge is 0.337 e. The lowest BCUT2D eigenvalue weighted by atomic mass is 10.1. The van der Waals surface area contributed by atoms with Crippen LogP contribution in [0, 0.1) is 0 Å². The molecule has 0 saturated carbocycles. The highest BCUT2D eigenvalue weighted by Gasteiger charge is 2.17. The molecule has 134 valence electrons. The molecule has 0 aliphatic heterocycles. The van der Waals surface area contributed by atoms with Crippen LogP contribution in [0.5, 0.6) is 5.88 Å². The second-order valence-corrected chi connectivity index (χ2v) is 6.02. The summed E-state index contributed by atoms with van der Waals surface area (Å²) < 4.78 is 1.62. The molecule has 0 aliphatic rings. The predicted molar refractivity (Wildman–Crippen MR) is 103 cm³/mol. The van der Waals surface area contributed by atoms with Crippen LogP contribution in [-0.4, -0.2) is 36.9 Å². The molecule has 0 spiro atoms. The molecule has 3 aromatic heterocycles. The average Bonchev–Trinajstić information content (AvgIpc) is 2.96. The van der Waals surface area contributed by atoms with E-state index in [0.717, 1.165) is 10.9 Å². The van der Waals surface area contributed by atoms with E-state index in [1.165, 1.54) is 18.5 Å². The Labute approximate surface area is 154 Å². The van der Waals surface area contributed by atoms with Crippen LogP contribution in [0.4, 0.5) is 5.69 Å². The van der Waals surface area contributed by atoms with Crippen molar-refractivity contribution in [2.45, 2.75) is 13.5 Å². The fourth-order valence-electron chi connectivity index (χ4n) is 3.06. The van der Waals surface area contributed by atoms with Gasteiger partial charge in [-0.3, -0.25) is 14.5 Å². The summed E-state index contributed by atoms with van der Waals surface area (Å²) in [6.07, 6.45) is 4.55. The number of aromatic carboxylic acids is 1. The van der Waals surface area contributed by atoms with E-state index >= 15 is 0 Å². The molecule has 2 N–H and O–H groups in total. The third-order valence-corrected chi connectivity index (χ3v) is 4.40. The summed E-state index contributed by atoms with van der Waals surface area (Å²) in [4.78, 5) is 24.2. The van der Waals surface area contributed by atoms with Gasteiger partial charge in [-0.1, -0.05) is 6.07 Å². The number of pyridine rings is 2. The molecule has 4 aromatic rings. The molecule has 0 radical (unpaired) electrons. The van der Waals surface area contributed by atoms with Crippen molar-refractivity contribution in [2.24, 2.45) is 4.99 Å². The largest absolute Gasteiger partial charge is 0.494 e. The Morgan fingerprint density at radius 3 is 2.89 bits per heavy atom. The molecule has 4 rings (SSSR count). The minimum atomic E-state index is -1.07. The van der Waals surface area contributed by atoms with Gasteiger partial charge in [0.25, 0.3) is 0 Å². The van der Waals surface area contributed by atoms with Crippen molar-refractivity contribution in [1.29, 1.82) is 0 Å². The molecule has 0 bridgehead atoms. The zero-order valence-corrected chi connectivity index (χ0v) is 14.5. The van der Waals surface area contributed by atoms with Crippen molar-refractivity contribution in [1.82, 2.24) is 14.5 Å². The van der Waals surface area contributed by atoms with Gasteiger partial charge in [0, 0.05) is 35.9 Å². The first-order valence-electron chi connectivity index (χ1n) is 8.42. The van der Waals surface area contributed by atoms with Crippen LogP contribution in [0.1, 0.15) is 22.8 Å². The number of fused-ring (bicyclic) bond motifs is 2. The molecule has 0 aliphatic carbocycles. The van der Waals surface area contributed by atoms with Gasteiger partial charge in [0.2, 0.25) is 5.88 Å². The Hall–Kier alpha value is -3.74. The molecule has 7 nitrogen and oxygen atoms in total. The van der Waals surface area contributed by atoms with Gasteiger partial charge < -0.3 is 10.2 Å². The lowest BCUT2D eigenvalue weighted by Crippen LogP contribution is -1.99. The van der Waals surface area contributed by atoms with Gasteiger partial charge >= 0.3 is 5.97 Å². The van der Waals surface area contributed by atoms with Crippen LogP contribution >= 0.6 is 0 Å². The third kappa shape index (κ3) is 2.89. The highest BCUT2D eigenvalue weighted by atomic mass is 16.4. The Morgan fingerprint density at radius 2 is 2.11 bits per heavy atom. The first kappa shape index (κ1) is 16.7. The van der Waals surface area contributed by atoms with E-state index in [0.29, 0.717) is 28.8 Å². The summed E-state index contributed by atoms with van der Waals surface area (Å²) >= 11 is 0. The summed E-state index contributed by atoms with van der Waals surface area (Å²) in [7, 11) is 0. The Bertz CT molecular complexity index is 1210. The van der Waals surface area contributed by atoms with Crippen molar-refractivity contribution in [2.75, 3.05) is 0 Å². The van der Waals surface area contributed by atoms with E-state index in [2.05, 4.69) is 15.0 Å². The van der Waals surface area contributed by atoms with Gasteiger partial charge in [-0.05, 0) is 37.3 Å². The van der Waals surface area contributed by atoms with Gasteiger partial charge in [0.15, 0.2) is 0 Å². The number of aliphatic imine (C=N–C) groups is 1. The number of benzene rings is 1. The molecular formula is C20H16N4O3. The van der Waals surface area contributed by atoms with E-state index < -0.39 is 5.97 Å². The number of nitrogens with zero attached hydrogens (tertiary/aromatic N) is 4. The molecule has 0 fully saturated rings. The van der Waals surface area contributed by atoms with Crippen LogP contribution in [0.3, 0.4) is 0 Å².